The second-order valence-corrected chi connectivity index (χ2v) is 8.06. The zero-order chi connectivity index (χ0) is 18.4. The third-order valence-corrected chi connectivity index (χ3v) is 5.91. The van der Waals surface area contributed by atoms with Crippen molar-refractivity contribution >= 4 is 27.6 Å². The van der Waals surface area contributed by atoms with Gasteiger partial charge in [0.25, 0.3) is 0 Å². The number of anilines is 1. The summed E-state index contributed by atoms with van der Waals surface area (Å²) in [6.07, 6.45) is 3.83. The van der Waals surface area contributed by atoms with E-state index in [1.54, 1.807) is 0 Å². The molecule has 0 amide bonds. The Bertz CT molecular complexity index is 584. The van der Waals surface area contributed by atoms with Crippen LogP contribution in [-0.4, -0.2) is 63.3 Å². The largest absolute Gasteiger partial charge is 0.378 e. The number of benzene rings is 1. The molecule has 2 fully saturated rings. The molecule has 3 rings (SSSR count). The standard InChI is InChI=1S/C20H31BrN4O/c1-3-26-19-9-12-24(13-10-19)20(22-2)23-14-16-8-11-25(15-16)18-6-4-17(21)5-7-18/h4-7,16,19H,3,8-15H2,1-2H3,(H,22,23). The zero-order valence-electron chi connectivity index (χ0n) is 16.0. The maximum Gasteiger partial charge on any atom is 0.193 e. The molecule has 6 heteroatoms. The van der Waals surface area contributed by atoms with Crippen LogP contribution in [0.4, 0.5) is 5.69 Å². The molecular formula is C20H31BrN4O. The molecule has 144 valence electrons. The van der Waals surface area contributed by atoms with E-state index in [1.165, 1.54) is 12.1 Å². The topological polar surface area (TPSA) is 40.1 Å². The Balaban J connectivity index is 1.44. The summed E-state index contributed by atoms with van der Waals surface area (Å²) in [5.74, 6) is 1.71. The summed E-state index contributed by atoms with van der Waals surface area (Å²) >= 11 is 3.51. The van der Waals surface area contributed by atoms with E-state index in [0.717, 1.165) is 62.6 Å². The Kier molecular flexibility index (Phi) is 7.20. The van der Waals surface area contributed by atoms with Crippen molar-refractivity contribution in [2.75, 3.05) is 51.3 Å². The number of ether oxygens (including phenoxy) is 1. The van der Waals surface area contributed by atoms with Crippen molar-refractivity contribution in [2.24, 2.45) is 10.9 Å². The van der Waals surface area contributed by atoms with Crippen LogP contribution in [-0.2, 0) is 4.74 Å². The van der Waals surface area contributed by atoms with Crippen LogP contribution in [0.1, 0.15) is 26.2 Å². The van der Waals surface area contributed by atoms with E-state index in [9.17, 15) is 0 Å². The van der Waals surface area contributed by atoms with Gasteiger partial charge in [-0.25, -0.2) is 0 Å². The number of hydrogen-bond donors (Lipinski definition) is 1. The Morgan fingerprint density at radius 1 is 1.19 bits per heavy atom. The molecule has 2 aliphatic rings. The van der Waals surface area contributed by atoms with Crippen LogP contribution in [0.2, 0.25) is 0 Å². The summed E-state index contributed by atoms with van der Waals surface area (Å²) in [7, 11) is 1.89. The number of rotatable bonds is 5. The quantitative estimate of drug-likeness (QED) is 0.583. The molecule has 0 spiro atoms. The molecule has 1 atom stereocenters. The lowest BCUT2D eigenvalue weighted by molar-refractivity contribution is 0.0263. The van der Waals surface area contributed by atoms with Gasteiger partial charge < -0.3 is 19.9 Å². The minimum atomic E-state index is 0.420. The number of nitrogens with zero attached hydrogens (tertiary/aromatic N) is 3. The molecule has 0 aliphatic carbocycles. The van der Waals surface area contributed by atoms with Crippen molar-refractivity contribution < 1.29 is 4.74 Å². The van der Waals surface area contributed by atoms with Crippen LogP contribution in [0.25, 0.3) is 0 Å². The number of hydrogen-bond acceptors (Lipinski definition) is 3. The zero-order valence-corrected chi connectivity index (χ0v) is 17.5. The lowest BCUT2D eigenvalue weighted by Gasteiger charge is -2.34. The SMILES string of the molecule is CCOC1CCN(C(=NC)NCC2CCN(c3ccc(Br)cc3)C2)CC1. The molecule has 5 nitrogen and oxygen atoms in total. The molecule has 0 aromatic heterocycles. The van der Waals surface area contributed by atoms with Crippen LogP contribution in [0.5, 0.6) is 0 Å². The summed E-state index contributed by atoms with van der Waals surface area (Å²) < 4.78 is 6.89. The molecule has 1 aromatic rings. The van der Waals surface area contributed by atoms with Crippen molar-refractivity contribution in [1.82, 2.24) is 10.2 Å². The van der Waals surface area contributed by atoms with Crippen LogP contribution in [0.3, 0.4) is 0 Å². The van der Waals surface area contributed by atoms with Crippen molar-refractivity contribution in [1.29, 1.82) is 0 Å². The summed E-state index contributed by atoms with van der Waals surface area (Å²) in [5.41, 5.74) is 1.32. The van der Waals surface area contributed by atoms with Gasteiger partial charge >= 0.3 is 0 Å². The highest BCUT2D eigenvalue weighted by Crippen LogP contribution is 2.25. The number of aliphatic imine (C=N–C) groups is 1. The first kappa shape index (κ1) is 19.5. The fraction of sp³-hybridized carbons (Fsp3) is 0.650. The predicted molar refractivity (Wildman–Crippen MR) is 112 cm³/mol. The maximum atomic E-state index is 5.75. The van der Waals surface area contributed by atoms with Crippen molar-refractivity contribution in [3.05, 3.63) is 28.7 Å². The third kappa shape index (κ3) is 5.13. The van der Waals surface area contributed by atoms with E-state index in [2.05, 4.69) is 67.2 Å². The number of nitrogens with one attached hydrogen (secondary N) is 1. The highest BCUT2D eigenvalue weighted by atomic mass is 79.9. The van der Waals surface area contributed by atoms with E-state index < -0.39 is 0 Å². The Hall–Kier alpha value is -1.27. The van der Waals surface area contributed by atoms with Gasteiger partial charge in [0, 0.05) is 56.5 Å². The second kappa shape index (κ2) is 9.60. The van der Waals surface area contributed by atoms with Crippen molar-refractivity contribution in [3.63, 3.8) is 0 Å². The van der Waals surface area contributed by atoms with E-state index in [0.29, 0.717) is 12.0 Å². The van der Waals surface area contributed by atoms with Gasteiger partial charge in [-0.1, -0.05) is 15.9 Å². The lowest BCUT2D eigenvalue weighted by Crippen LogP contribution is -2.48. The Morgan fingerprint density at radius 2 is 1.92 bits per heavy atom. The van der Waals surface area contributed by atoms with Gasteiger partial charge in [0.2, 0.25) is 0 Å². The van der Waals surface area contributed by atoms with Gasteiger partial charge in [-0.2, -0.15) is 0 Å². The van der Waals surface area contributed by atoms with Crippen LogP contribution < -0.4 is 10.2 Å². The molecule has 1 aromatic carbocycles. The first-order valence-corrected chi connectivity index (χ1v) is 10.6. The molecule has 0 saturated carbocycles. The fourth-order valence-corrected chi connectivity index (χ4v) is 4.19. The molecule has 1 N–H and O–H groups in total. The minimum absolute atomic E-state index is 0.420. The van der Waals surface area contributed by atoms with Crippen LogP contribution in [0, 0.1) is 5.92 Å². The first-order chi connectivity index (χ1) is 12.7. The monoisotopic (exact) mass is 422 g/mol. The summed E-state index contributed by atoms with van der Waals surface area (Å²) in [4.78, 5) is 9.36. The van der Waals surface area contributed by atoms with Crippen molar-refractivity contribution in [3.8, 4) is 0 Å². The first-order valence-electron chi connectivity index (χ1n) is 9.77. The van der Waals surface area contributed by atoms with E-state index >= 15 is 0 Å². The molecular weight excluding hydrogens is 392 g/mol. The predicted octanol–water partition coefficient (Wildman–Crippen LogP) is 3.35. The number of likely N-dealkylation sites (tertiary alicyclic amines) is 1. The fourth-order valence-electron chi connectivity index (χ4n) is 3.92. The average Bonchev–Trinajstić information content (AvgIpc) is 3.13. The Labute approximate surface area is 165 Å². The van der Waals surface area contributed by atoms with E-state index in [4.69, 9.17) is 4.74 Å². The van der Waals surface area contributed by atoms with Gasteiger partial charge in [-0.05, 0) is 56.4 Å². The van der Waals surface area contributed by atoms with E-state index in [-0.39, 0.29) is 0 Å². The highest BCUT2D eigenvalue weighted by Gasteiger charge is 2.25. The van der Waals surface area contributed by atoms with E-state index in [1.807, 2.05) is 7.05 Å². The average molecular weight is 423 g/mol. The Morgan fingerprint density at radius 3 is 2.58 bits per heavy atom. The van der Waals surface area contributed by atoms with Crippen LogP contribution in [0.15, 0.2) is 33.7 Å². The summed E-state index contributed by atoms with van der Waals surface area (Å²) in [6.45, 7) is 8.18. The minimum Gasteiger partial charge on any atom is -0.378 e. The third-order valence-electron chi connectivity index (χ3n) is 5.38. The number of guanidine groups is 1. The smallest absolute Gasteiger partial charge is 0.193 e. The summed E-state index contributed by atoms with van der Waals surface area (Å²) in [5, 5.41) is 3.61. The lowest BCUT2D eigenvalue weighted by atomic mass is 10.1. The van der Waals surface area contributed by atoms with Crippen LogP contribution >= 0.6 is 15.9 Å². The molecule has 26 heavy (non-hydrogen) atoms. The van der Waals surface area contributed by atoms with Gasteiger partial charge in [-0.15, -0.1) is 0 Å². The molecule has 2 heterocycles. The molecule has 0 radical (unpaired) electrons. The molecule has 2 aliphatic heterocycles. The maximum absolute atomic E-state index is 5.75. The van der Waals surface area contributed by atoms with Gasteiger partial charge in [0.1, 0.15) is 0 Å². The normalized spacial score (nSPS) is 22.1. The second-order valence-electron chi connectivity index (χ2n) is 7.15. The van der Waals surface area contributed by atoms with Gasteiger partial charge in [0.15, 0.2) is 5.96 Å². The summed E-state index contributed by atoms with van der Waals surface area (Å²) in [6, 6.07) is 8.63. The van der Waals surface area contributed by atoms with Gasteiger partial charge in [-0.3, -0.25) is 4.99 Å². The van der Waals surface area contributed by atoms with Gasteiger partial charge in [0.05, 0.1) is 6.10 Å². The number of halogens is 1. The highest BCUT2D eigenvalue weighted by molar-refractivity contribution is 9.10. The molecule has 1 unspecified atom stereocenters. The molecule has 0 bridgehead atoms. The molecule has 2 saturated heterocycles. The van der Waals surface area contributed by atoms with Crippen molar-refractivity contribution in [2.45, 2.75) is 32.3 Å². The number of piperidine rings is 1.